The maximum atomic E-state index is 10.1. The van der Waals surface area contributed by atoms with Gasteiger partial charge >= 0.3 is 0 Å². The van der Waals surface area contributed by atoms with E-state index < -0.39 is 5.60 Å². The number of fused-ring (bicyclic) bond motifs is 1. The van der Waals surface area contributed by atoms with Crippen LogP contribution in [-0.4, -0.2) is 28.0 Å². The fraction of sp³-hybridized carbons (Fsp3) is 0.778. The molecule has 3 aliphatic rings. The first kappa shape index (κ1) is 23.8. The number of hydrogen-bond donors (Lipinski definition) is 3. The van der Waals surface area contributed by atoms with Crippen LogP contribution in [0, 0.1) is 23.2 Å². The number of nitrogens with two attached hydrogens (primary N) is 1. The van der Waals surface area contributed by atoms with Crippen molar-refractivity contribution in [2.24, 2.45) is 28.9 Å². The molecule has 3 nitrogen and oxygen atoms in total. The number of aliphatic hydroxyl groups is 2. The SMILES string of the molecule is C=C1C(=CC=C2CCC[C@@]3(C)C2CC[C@@H]3[C@H](C)CCCC(C)(C)O)C[C@@H](O)C[C@@H]1N. The Kier molecular flexibility index (Phi) is 7.37. The van der Waals surface area contributed by atoms with Gasteiger partial charge in [-0.1, -0.05) is 51.0 Å². The van der Waals surface area contributed by atoms with Crippen LogP contribution in [0.4, 0.5) is 0 Å². The zero-order chi connectivity index (χ0) is 22.1. The molecular formula is C27H45NO2. The Balaban J connectivity index is 1.70. The highest BCUT2D eigenvalue weighted by Gasteiger charge is 2.50. The third-order valence-electron chi connectivity index (χ3n) is 8.51. The molecule has 3 aliphatic carbocycles. The normalized spacial score (nSPS) is 38.8. The van der Waals surface area contributed by atoms with Gasteiger partial charge in [0, 0.05) is 6.04 Å². The van der Waals surface area contributed by atoms with Gasteiger partial charge in [-0.3, -0.25) is 0 Å². The van der Waals surface area contributed by atoms with Crippen molar-refractivity contribution in [3.05, 3.63) is 35.5 Å². The first-order valence-electron chi connectivity index (χ1n) is 12.3. The van der Waals surface area contributed by atoms with Crippen molar-refractivity contribution >= 4 is 0 Å². The second-order valence-electron chi connectivity index (χ2n) is 11.4. The number of aliphatic hydroxyl groups excluding tert-OH is 1. The monoisotopic (exact) mass is 415 g/mol. The van der Waals surface area contributed by atoms with Crippen molar-refractivity contribution in [3.63, 3.8) is 0 Å². The number of rotatable bonds is 6. The molecule has 0 amide bonds. The van der Waals surface area contributed by atoms with E-state index in [0.29, 0.717) is 30.1 Å². The lowest BCUT2D eigenvalue weighted by Gasteiger charge is -2.44. The Bertz CT molecular complexity index is 685. The molecule has 0 aliphatic heterocycles. The summed E-state index contributed by atoms with van der Waals surface area (Å²) >= 11 is 0. The Hall–Kier alpha value is -0.900. The Labute approximate surface area is 184 Å². The number of hydrogen-bond acceptors (Lipinski definition) is 3. The van der Waals surface area contributed by atoms with E-state index >= 15 is 0 Å². The molecule has 3 saturated carbocycles. The van der Waals surface area contributed by atoms with E-state index in [1.807, 2.05) is 13.8 Å². The third-order valence-corrected chi connectivity index (χ3v) is 8.51. The summed E-state index contributed by atoms with van der Waals surface area (Å²) in [4.78, 5) is 0. The van der Waals surface area contributed by atoms with E-state index in [9.17, 15) is 10.2 Å². The summed E-state index contributed by atoms with van der Waals surface area (Å²) in [6.45, 7) is 13.0. The van der Waals surface area contributed by atoms with Crippen molar-refractivity contribution < 1.29 is 10.2 Å². The van der Waals surface area contributed by atoms with E-state index in [0.717, 1.165) is 29.9 Å². The van der Waals surface area contributed by atoms with Gasteiger partial charge in [0.05, 0.1) is 11.7 Å². The van der Waals surface area contributed by atoms with Crippen LogP contribution in [0.25, 0.3) is 0 Å². The summed E-state index contributed by atoms with van der Waals surface area (Å²) in [6.07, 6.45) is 15.2. The van der Waals surface area contributed by atoms with Crippen LogP contribution in [-0.2, 0) is 0 Å². The molecule has 0 aromatic carbocycles. The van der Waals surface area contributed by atoms with Crippen molar-refractivity contribution in [3.8, 4) is 0 Å². The van der Waals surface area contributed by atoms with Gasteiger partial charge in [-0.05, 0) is 99.5 Å². The van der Waals surface area contributed by atoms with E-state index in [4.69, 9.17) is 5.73 Å². The molecule has 3 fully saturated rings. The Morgan fingerprint density at radius 1 is 1.30 bits per heavy atom. The summed E-state index contributed by atoms with van der Waals surface area (Å²) < 4.78 is 0. The molecule has 0 heterocycles. The molecule has 0 radical (unpaired) electrons. The van der Waals surface area contributed by atoms with E-state index in [1.165, 1.54) is 38.5 Å². The maximum Gasteiger partial charge on any atom is 0.0598 e. The smallest absolute Gasteiger partial charge is 0.0598 e. The summed E-state index contributed by atoms with van der Waals surface area (Å²) in [7, 11) is 0. The predicted molar refractivity (Wildman–Crippen MR) is 126 cm³/mol. The van der Waals surface area contributed by atoms with Crippen molar-refractivity contribution in [1.82, 2.24) is 0 Å². The van der Waals surface area contributed by atoms with Gasteiger partial charge in [-0.25, -0.2) is 0 Å². The molecular weight excluding hydrogens is 370 g/mol. The minimum absolute atomic E-state index is 0.115. The third kappa shape index (κ3) is 5.29. The lowest BCUT2D eigenvalue weighted by molar-refractivity contribution is 0.0596. The summed E-state index contributed by atoms with van der Waals surface area (Å²) in [5.41, 5.74) is 9.74. The molecule has 4 N–H and O–H groups in total. The van der Waals surface area contributed by atoms with Crippen molar-refractivity contribution in [2.45, 2.75) is 110 Å². The molecule has 0 saturated heterocycles. The lowest BCUT2D eigenvalue weighted by Crippen LogP contribution is -2.36. The van der Waals surface area contributed by atoms with Crippen molar-refractivity contribution in [2.75, 3.05) is 0 Å². The Morgan fingerprint density at radius 3 is 2.73 bits per heavy atom. The topological polar surface area (TPSA) is 66.5 Å². The second kappa shape index (κ2) is 9.30. The highest BCUT2D eigenvalue weighted by atomic mass is 16.3. The van der Waals surface area contributed by atoms with E-state index in [-0.39, 0.29) is 12.1 Å². The number of allylic oxidation sites excluding steroid dienone is 3. The fourth-order valence-electron chi connectivity index (χ4n) is 6.80. The molecule has 6 atom stereocenters. The molecule has 170 valence electrons. The zero-order valence-electron chi connectivity index (χ0n) is 19.8. The fourth-order valence-corrected chi connectivity index (χ4v) is 6.80. The molecule has 30 heavy (non-hydrogen) atoms. The van der Waals surface area contributed by atoms with Crippen LogP contribution in [0.15, 0.2) is 35.5 Å². The van der Waals surface area contributed by atoms with Crippen molar-refractivity contribution in [1.29, 1.82) is 0 Å². The maximum absolute atomic E-state index is 10.1. The van der Waals surface area contributed by atoms with Gasteiger partial charge in [0.1, 0.15) is 0 Å². The molecule has 0 bridgehead atoms. The molecule has 1 unspecified atom stereocenters. The van der Waals surface area contributed by atoms with Crippen LogP contribution in [0.2, 0.25) is 0 Å². The van der Waals surface area contributed by atoms with Gasteiger partial charge in [0.25, 0.3) is 0 Å². The van der Waals surface area contributed by atoms with Crippen LogP contribution in [0.3, 0.4) is 0 Å². The van der Waals surface area contributed by atoms with Gasteiger partial charge in [-0.15, -0.1) is 0 Å². The predicted octanol–water partition coefficient (Wildman–Crippen LogP) is 5.67. The van der Waals surface area contributed by atoms with Crippen LogP contribution in [0.1, 0.15) is 91.9 Å². The molecule has 3 heteroatoms. The molecule has 3 rings (SSSR count). The standard InChI is InChI=1S/C27H45NO2/c1-18(8-6-14-26(3,4)30)23-12-13-24-20(9-7-15-27(23,24)5)10-11-21-16-22(29)17-25(28)19(21)2/h10-11,18,22-25,29-30H,2,6-9,12-17,28H2,1,3-5H3/t18-,22-,23-,24?,25+,27-/m1/s1. The zero-order valence-corrected chi connectivity index (χ0v) is 19.8. The minimum Gasteiger partial charge on any atom is -0.393 e. The minimum atomic E-state index is -0.546. The van der Waals surface area contributed by atoms with Gasteiger partial charge < -0.3 is 15.9 Å². The highest BCUT2D eigenvalue weighted by Crippen LogP contribution is 2.60. The highest BCUT2D eigenvalue weighted by molar-refractivity contribution is 5.39. The first-order valence-corrected chi connectivity index (χ1v) is 12.3. The van der Waals surface area contributed by atoms with Gasteiger partial charge in [0.15, 0.2) is 0 Å². The molecule has 0 spiro atoms. The lowest BCUT2D eigenvalue weighted by atomic mass is 9.60. The largest absolute Gasteiger partial charge is 0.393 e. The quantitative estimate of drug-likeness (QED) is 0.523. The summed E-state index contributed by atoms with van der Waals surface area (Å²) in [5, 5.41) is 20.2. The summed E-state index contributed by atoms with van der Waals surface area (Å²) in [5.74, 6) is 2.17. The molecule has 0 aromatic heterocycles. The van der Waals surface area contributed by atoms with Gasteiger partial charge in [-0.2, -0.15) is 0 Å². The average Bonchev–Trinajstić information content (AvgIpc) is 3.00. The molecule has 0 aromatic rings. The Morgan fingerprint density at radius 2 is 2.03 bits per heavy atom. The van der Waals surface area contributed by atoms with E-state index in [1.54, 1.807) is 5.57 Å². The van der Waals surface area contributed by atoms with Crippen LogP contribution in [0.5, 0.6) is 0 Å². The summed E-state index contributed by atoms with van der Waals surface area (Å²) in [6, 6.07) is -0.115. The second-order valence-corrected chi connectivity index (χ2v) is 11.4. The van der Waals surface area contributed by atoms with Crippen LogP contribution < -0.4 is 5.73 Å². The van der Waals surface area contributed by atoms with E-state index in [2.05, 4.69) is 32.6 Å². The average molecular weight is 416 g/mol. The first-order chi connectivity index (χ1) is 14.0. The van der Waals surface area contributed by atoms with Gasteiger partial charge in [0.2, 0.25) is 0 Å². The van der Waals surface area contributed by atoms with Crippen LogP contribution >= 0.6 is 0 Å².